The highest BCUT2D eigenvalue weighted by molar-refractivity contribution is 6.39. The molecule has 4 rings (SSSR count). The van der Waals surface area contributed by atoms with Gasteiger partial charge in [-0.05, 0) is 35.4 Å². The summed E-state index contributed by atoms with van der Waals surface area (Å²) in [6, 6.07) is 11.7. The highest BCUT2D eigenvalue weighted by Gasteiger charge is 2.33. The third kappa shape index (κ3) is 4.71. The Bertz CT molecular complexity index is 1210. The number of hydrogen-bond acceptors (Lipinski definition) is 3. The predicted molar refractivity (Wildman–Crippen MR) is 118 cm³/mol. The van der Waals surface area contributed by atoms with Gasteiger partial charge in [0, 0.05) is 13.0 Å². The maximum absolute atomic E-state index is 13.1. The van der Waals surface area contributed by atoms with Crippen LogP contribution in [0.1, 0.15) is 27.2 Å². The molecular weight excluding hydrogens is 464 g/mol. The molecule has 0 fully saturated rings. The van der Waals surface area contributed by atoms with Crippen molar-refractivity contribution < 1.29 is 18.0 Å². The van der Waals surface area contributed by atoms with Crippen LogP contribution in [0.4, 0.5) is 24.5 Å². The number of aliphatic imine (C=N–C) groups is 1. The number of fused-ring (bicyclic) bond motifs is 1. The van der Waals surface area contributed by atoms with Crippen molar-refractivity contribution in [2.24, 2.45) is 4.99 Å². The van der Waals surface area contributed by atoms with E-state index in [1.807, 2.05) is 0 Å². The van der Waals surface area contributed by atoms with E-state index >= 15 is 0 Å². The number of carbonyl (C=O) groups excluding carboxylic acids is 1. The van der Waals surface area contributed by atoms with Crippen LogP contribution in [0.25, 0.3) is 0 Å². The maximum Gasteiger partial charge on any atom is 0.416 e. The van der Waals surface area contributed by atoms with Gasteiger partial charge < -0.3 is 10.6 Å². The predicted octanol–water partition coefficient (Wildman–Crippen LogP) is 6.04. The number of aromatic nitrogens is 1. The molecule has 0 saturated heterocycles. The number of benzene rings is 2. The van der Waals surface area contributed by atoms with E-state index in [0.29, 0.717) is 33.7 Å². The van der Waals surface area contributed by atoms with Crippen LogP contribution in [0, 0.1) is 0 Å². The van der Waals surface area contributed by atoms with Crippen molar-refractivity contribution in [1.29, 1.82) is 0 Å². The number of alkyl halides is 3. The van der Waals surface area contributed by atoms with E-state index in [4.69, 9.17) is 23.2 Å². The Labute approximate surface area is 191 Å². The Morgan fingerprint density at radius 1 is 1.12 bits per heavy atom. The van der Waals surface area contributed by atoms with Crippen LogP contribution >= 0.6 is 23.2 Å². The van der Waals surface area contributed by atoms with Crippen LogP contribution < -0.4 is 10.6 Å². The zero-order chi connectivity index (χ0) is 22.9. The second-order valence-electron chi connectivity index (χ2n) is 6.99. The molecule has 0 radical (unpaired) electrons. The molecule has 10 heteroatoms. The third-order valence-electron chi connectivity index (χ3n) is 4.81. The summed E-state index contributed by atoms with van der Waals surface area (Å²) in [6.07, 6.45) is -2.64. The number of rotatable bonds is 4. The molecule has 3 aromatic rings. The molecule has 5 nitrogen and oxygen atoms in total. The summed E-state index contributed by atoms with van der Waals surface area (Å²) in [5.74, 6) is -0.00206. The summed E-state index contributed by atoms with van der Waals surface area (Å²) >= 11 is 12.3. The monoisotopic (exact) mass is 478 g/mol. The summed E-state index contributed by atoms with van der Waals surface area (Å²) < 4.78 is 39.4. The van der Waals surface area contributed by atoms with Crippen LogP contribution in [0.2, 0.25) is 10.0 Å². The number of hydrogen-bond donors (Lipinski definition) is 2. The molecular formula is C22H15Cl2F3N4O. The second-order valence-corrected chi connectivity index (χ2v) is 7.81. The van der Waals surface area contributed by atoms with Crippen molar-refractivity contribution in [3.63, 3.8) is 0 Å². The minimum atomic E-state index is -4.50. The van der Waals surface area contributed by atoms with Crippen molar-refractivity contribution in [2.45, 2.75) is 19.1 Å². The van der Waals surface area contributed by atoms with Gasteiger partial charge in [0.15, 0.2) is 0 Å². The van der Waals surface area contributed by atoms with Crippen LogP contribution in [0.15, 0.2) is 59.7 Å². The lowest BCUT2D eigenvalue weighted by Gasteiger charge is -2.13. The molecule has 0 saturated carbocycles. The fourth-order valence-electron chi connectivity index (χ4n) is 3.28. The van der Waals surface area contributed by atoms with Crippen LogP contribution in [0.3, 0.4) is 0 Å². The number of carbonyl (C=O) groups is 1. The van der Waals surface area contributed by atoms with Crippen molar-refractivity contribution in [3.8, 4) is 0 Å². The SMILES string of the molecule is O=C(NCc1ccccc1C(F)(F)F)c1cc2c(cn1)NC(=Nc1c(Cl)cccc1Cl)C2. The van der Waals surface area contributed by atoms with Gasteiger partial charge >= 0.3 is 6.18 Å². The van der Waals surface area contributed by atoms with Crippen LogP contribution in [-0.2, 0) is 19.1 Å². The zero-order valence-electron chi connectivity index (χ0n) is 16.3. The largest absolute Gasteiger partial charge is 0.416 e. The second kappa shape index (κ2) is 8.80. The maximum atomic E-state index is 13.1. The first-order chi connectivity index (χ1) is 15.2. The minimum absolute atomic E-state index is 0.0257. The first-order valence-corrected chi connectivity index (χ1v) is 10.2. The lowest BCUT2D eigenvalue weighted by molar-refractivity contribution is -0.138. The number of nitrogens with zero attached hydrogens (tertiary/aromatic N) is 2. The average Bonchev–Trinajstić information content (AvgIpc) is 3.16. The normalized spacial score (nSPS) is 14.2. The molecule has 0 bridgehead atoms. The van der Waals surface area contributed by atoms with Gasteiger partial charge in [0.2, 0.25) is 0 Å². The van der Waals surface area contributed by atoms with Crippen LogP contribution in [0.5, 0.6) is 0 Å². The minimum Gasteiger partial charge on any atom is -0.347 e. The Hall–Kier alpha value is -3.10. The highest BCUT2D eigenvalue weighted by Crippen LogP contribution is 2.34. The van der Waals surface area contributed by atoms with E-state index in [1.54, 1.807) is 24.3 Å². The first-order valence-electron chi connectivity index (χ1n) is 9.43. The molecule has 0 spiro atoms. The van der Waals surface area contributed by atoms with Gasteiger partial charge in [0.05, 0.1) is 27.5 Å². The smallest absolute Gasteiger partial charge is 0.347 e. The number of amides is 1. The van der Waals surface area contributed by atoms with Gasteiger partial charge in [-0.15, -0.1) is 0 Å². The van der Waals surface area contributed by atoms with Crippen molar-refractivity contribution in [3.05, 3.63) is 87.2 Å². The van der Waals surface area contributed by atoms with Gasteiger partial charge in [-0.2, -0.15) is 13.2 Å². The Kier molecular flexibility index (Phi) is 6.08. The van der Waals surface area contributed by atoms with E-state index in [9.17, 15) is 18.0 Å². The quantitative estimate of drug-likeness (QED) is 0.480. The number of para-hydroxylation sites is 1. The van der Waals surface area contributed by atoms with Gasteiger partial charge in [-0.3, -0.25) is 4.79 Å². The lowest BCUT2D eigenvalue weighted by atomic mass is 10.1. The van der Waals surface area contributed by atoms with Crippen molar-refractivity contribution in [2.75, 3.05) is 5.32 Å². The van der Waals surface area contributed by atoms with E-state index in [1.165, 1.54) is 24.4 Å². The lowest BCUT2D eigenvalue weighted by Crippen LogP contribution is -2.25. The number of nitrogens with one attached hydrogen (secondary N) is 2. The van der Waals surface area contributed by atoms with E-state index in [0.717, 1.165) is 11.6 Å². The van der Waals surface area contributed by atoms with Gasteiger partial charge in [0.1, 0.15) is 17.2 Å². The molecule has 0 atom stereocenters. The number of amidine groups is 1. The van der Waals surface area contributed by atoms with Crippen molar-refractivity contribution in [1.82, 2.24) is 10.3 Å². The Balaban J connectivity index is 1.48. The fraction of sp³-hybridized carbons (Fsp3) is 0.136. The van der Waals surface area contributed by atoms with Gasteiger partial charge in [-0.25, -0.2) is 9.98 Å². The number of pyridine rings is 1. The molecule has 1 amide bonds. The Morgan fingerprint density at radius 2 is 1.84 bits per heavy atom. The third-order valence-corrected chi connectivity index (χ3v) is 5.42. The first kappa shape index (κ1) is 22.1. The number of anilines is 1. The zero-order valence-corrected chi connectivity index (χ0v) is 17.8. The van der Waals surface area contributed by atoms with Crippen LogP contribution in [-0.4, -0.2) is 16.7 Å². The summed E-state index contributed by atoms with van der Waals surface area (Å²) in [5, 5.41) is 6.40. The molecule has 164 valence electrons. The van der Waals surface area contributed by atoms with Crippen molar-refractivity contribution >= 4 is 46.3 Å². The molecule has 0 aliphatic carbocycles. The number of halogens is 5. The summed E-state index contributed by atoms with van der Waals surface area (Å²) in [6.45, 7) is -0.275. The van der Waals surface area contributed by atoms with Gasteiger partial charge in [-0.1, -0.05) is 47.5 Å². The van der Waals surface area contributed by atoms with E-state index < -0.39 is 17.6 Å². The average molecular weight is 479 g/mol. The molecule has 1 aliphatic heterocycles. The molecule has 0 unspecified atom stereocenters. The molecule has 2 heterocycles. The molecule has 1 aromatic heterocycles. The molecule has 2 N–H and O–H groups in total. The standard InChI is InChI=1S/C22H15Cl2F3N4O/c23-15-6-3-7-16(24)20(15)31-19-9-13-8-17(28-11-18(13)30-19)21(32)29-10-12-4-1-2-5-14(12)22(25,26)27/h1-8,11H,9-10H2,(H,29,32)(H,30,31). The van der Waals surface area contributed by atoms with E-state index in [2.05, 4.69) is 20.6 Å². The Morgan fingerprint density at radius 3 is 2.56 bits per heavy atom. The fourth-order valence-corrected chi connectivity index (χ4v) is 3.76. The molecule has 2 aromatic carbocycles. The van der Waals surface area contributed by atoms with E-state index in [-0.39, 0.29) is 17.8 Å². The topological polar surface area (TPSA) is 66.4 Å². The van der Waals surface area contributed by atoms with Gasteiger partial charge in [0.25, 0.3) is 5.91 Å². The summed E-state index contributed by atoms with van der Waals surface area (Å²) in [7, 11) is 0. The molecule has 32 heavy (non-hydrogen) atoms. The summed E-state index contributed by atoms with van der Waals surface area (Å²) in [5.41, 5.74) is 1.15. The molecule has 1 aliphatic rings. The summed E-state index contributed by atoms with van der Waals surface area (Å²) in [4.78, 5) is 21.1. The highest BCUT2D eigenvalue weighted by atomic mass is 35.5.